The molecule has 210 valence electrons. The van der Waals surface area contributed by atoms with Gasteiger partial charge in [0, 0.05) is 0 Å². The normalized spacial score (nSPS) is 23.5. The summed E-state index contributed by atoms with van der Waals surface area (Å²) in [6.45, 7) is 7.96. The molecular formula is C31H39ClO5SeSi. The Morgan fingerprint density at radius 2 is 1.21 bits per heavy atom. The van der Waals surface area contributed by atoms with E-state index in [0.717, 1.165) is 22.0 Å². The van der Waals surface area contributed by atoms with E-state index in [9.17, 15) is 0 Å². The Morgan fingerprint density at radius 1 is 0.718 bits per heavy atom. The molecule has 39 heavy (non-hydrogen) atoms. The van der Waals surface area contributed by atoms with Gasteiger partial charge in [-0.2, -0.15) is 0 Å². The van der Waals surface area contributed by atoms with E-state index >= 15 is 0 Å². The summed E-state index contributed by atoms with van der Waals surface area (Å²) in [6.07, 6.45) is -1.39. The van der Waals surface area contributed by atoms with Crippen molar-refractivity contribution in [2.24, 2.45) is 0 Å². The third-order valence-corrected chi connectivity index (χ3v) is 9.59. The van der Waals surface area contributed by atoms with E-state index in [0.29, 0.717) is 26.4 Å². The van der Waals surface area contributed by atoms with Crippen LogP contribution < -0.4 is 0 Å². The molecule has 5 atom stereocenters. The quantitative estimate of drug-likeness (QED) is 0.149. The molecule has 1 aliphatic heterocycles. The topological polar surface area (TPSA) is 46.2 Å². The first-order valence-electron chi connectivity index (χ1n) is 13.5. The van der Waals surface area contributed by atoms with Crippen molar-refractivity contribution in [3.05, 3.63) is 108 Å². The van der Waals surface area contributed by atoms with Crippen molar-refractivity contribution in [3.8, 4) is 0 Å². The Bertz CT molecular complexity index is 1090. The Kier molecular flexibility index (Phi) is 12.1. The van der Waals surface area contributed by atoms with Gasteiger partial charge in [-0.15, -0.1) is 0 Å². The Balaban J connectivity index is 1.60. The van der Waals surface area contributed by atoms with Crippen LogP contribution in [0.2, 0.25) is 18.4 Å². The van der Waals surface area contributed by atoms with Gasteiger partial charge in [0.15, 0.2) is 0 Å². The van der Waals surface area contributed by atoms with Crippen LogP contribution in [0.1, 0.15) is 23.6 Å². The molecule has 0 radical (unpaired) electrons. The van der Waals surface area contributed by atoms with Crippen LogP contribution in [0.4, 0.5) is 0 Å². The van der Waals surface area contributed by atoms with Crippen LogP contribution in [0.5, 0.6) is 0 Å². The van der Waals surface area contributed by atoms with Crippen LogP contribution in [0.25, 0.3) is 0 Å². The summed E-state index contributed by atoms with van der Waals surface area (Å²) in [5, 5.41) is 0.899. The van der Waals surface area contributed by atoms with Crippen LogP contribution in [0, 0.1) is 0 Å². The van der Waals surface area contributed by atoms with Gasteiger partial charge in [0.2, 0.25) is 0 Å². The standard InChI is InChI=1S/C31H39ClO5SeSi/c1-4-38-31-30(37-39(2,3)32)29(35-22-26-18-12-7-13-19-26)28(34-21-25-16-10-6-11-17-25)27(36-31)23-33-20-24-14-8-5-9-15-24/h5-19,27-31H,4,20-23H2,1-3H3/t27-,28-,29+,30-,31+/m1/s1. The van der Waals surface area contributed by atoms with Gasteiger partial charge in [-0.3, -0.25) is 0 Å². The molecule has 0 aliphatic carbocycles. The summed E-state index contributed by atoms with van der Waals surface area (Å²) in [5.74, 6) is 0. The second-order valence-electron chi connectivity index (χ2n) is 9.97. The maximum atomic E-state index is 6.77. The third kappa shape index (κ3) is 9.82. The van der Waals surface area contributed by atoms with Gasteiger partial charge in [0.05, 0.1) is 0 Å². The minimum atomic E-state index is -2.44. The Labute approximate surface area is 245 Å². The van der Waals surface area contributed by atoms with Gasteiger partial charge in [-0.25, -0.2) is 0 Å². The molecule has 3 aromatic rings. The van der Waals surface area contributed by atoms with Gasteiger partial charge in [0.1, 0.15) is 0 Å². The fourth-order valence-electron chi connectivity index (χ4n) is 4.55. The van der Waals surface area contributed by atoms with Gasteiger partial charge in [-0.05, 0) is 0 Å². The van der Waals surface area contributed by atoms with E-state index in [-0.39, 0.29) is 38.3 Å². The molecule has 3 aromatic carbocycles. The summed E-state index contributed by atoms with van der Waals surface area (Å²) in [7, 11) is -2.44. The van der Waals surface area contributed by atoms with Gasteiger partial charge < -0.3 is 0 Å². The van der Waals surface area contributed by atoms with Gasteiger partial charge in [0.25, 0.3) is 0 Å². The van der Waals surface area contributed by atoms with Crippen LogP contribution in [-0.4, -0.2) is 58.6 Å². The predicted molar refractivity (Wildman–Crippen MR) is 159 cm³/mol. The van der Waals surface area contributed by atoms with Crippen molar-refractivity contribution in [3.63, 3.8) is 0 Å². The molecule has 0 amide bonds. The number of halogens is 1. The van der Waals surface area contributed by atoms with E-state index in [1.807, 2.05) is 67.7 Å². The molecule has 1 saturated heterocycles. The first-order valence-corrected chi connectivity index (χ1v) is 19.6. The van der Waals surface area contributed by atoms with Crippen molar-refractivity contribution in [1.29, 1.82) is 0 Å². The number of hydrogen-bond acceptors (Lipinski definition) is 5. The summed E-state index contributed by atoms with van der Waals surface area (Å²) < 4.78 is 32.9. The monoisotopic (exact) mass is 634 g/mol. The molecule has 1 fully saturated rings. The van der Waals surface area contributed by atoms with Crippen LogP contribution in [0.15, 0.2) is 91.0 Å². The molecule has 8 heteroatoms. The molecule has 0 spiro atoms. The van der Waals surface area contributed by atoms with E-state index in [1.54, 1.807) is 0 Å². The fourth-order valence-corrected chi connectivity index (χ4v) is 7.98. The zero-order valence-corrected chi connectivity index (χ0v) is 26.4. The van der Waals surface area contributed by atoms with Gasteiger partial charge in [-0.1, -0.05) is 0 Å². The summed E-state index contributed by atoms with van der Waals surface area (Å²) >= 11 is 6.95. The van der Waals surface area contributed by atoms with Crippen molar-refractivity contribution in [1.82, 2.24) is 0 Å². The predicted octanol–water partition coefficient (Wildman–Crippen LogP) is 6.57. The van der Waals surface area contributed by atoms with Crippen LogP contribution in [-0.2, 0) is 43.2 Å². The first kappa shape index (κ1) is 30.4. The van der Waals surface area contributed by atoms with Crippen molar-refractivity contribution in [2.75, 3.05) is 6.61 Å². The van der Waals surface area contributed by atoms with Gasteiger partial charge >= 0.3 is 246 Å². The molecular weight excluding hydrogens is 595 g/mol. The SMILES string of the molecule is CC[Se][C@@H]1O[C@H](COCc2ccccc2)[C@@H](OCc2ccccc2)[C@H](OCc2ccccc2)[C@H]1O[Si](C)(C)Cl. The average Bonchev–Trinajstić information content (AvgIpc) is 2.94. The molecule has 0 aromatic heterocycles. The second kappa shape index (κ2) is 15.5. The van der Waals surface area contributed by atoms with Crippen molar-refractivity contribution >= 4 is 33.7 Å². The molecule has 4 rings (SSSR count). The van der Waals surface area contributed by atoms with Crippen molar-refractivity contribution < 1.29 is 23.4 Å². The number of hydrogen-bond donors (Lipinski definition) is 0. The van der Waals surface area contributed by atoms with E-state index in [1.165, 1.54) is 0 Å². The first-order chi connectivity index (χ1) is 18.9. The maximum absolute atomic E-state index is 6.77. The Hall–Kier alpha value is -1.51. The fraction of sp³-hybridized carbons (Fsp3) is 0.419. The van der Waals surface area contributed by atoms with E-state index < -0.39 is 13.7 Å². The molecule has 0 unspecified atom stereocenters. The zero-order chi connectivity index (χ0) is 27.5. The summed E-state index contributed by atoms with van der Waals surface area (Å²) in [5.41, 5.74) is 3.31. The molecule has 5 nitrogen and oxygen atoms in total. The minimum absolute atomic E-state index is 0.115. The average molecular weight is 634 g/mol. The van der Waals surface area contributed by atoms with Crippen LogP contribution in [0.3, 0.4) is 0 Å². The number of ether oxygens (including phenoxy) is 4. The van der Waals surface area contributed by atoms with E-state index in [2.05, 4.69) is 43.3 Å². The molecule has 1 heterocycles. The zero-order valence-electron chi connectivity index (χ0n) is 22.9. The second-order valence-corrected chi connectivity index (χ2v) is 18.5. The van der Waals surface area contributed by atoms with Crippen LogP contribution >= 0.6 is 11.1 Å². The summed E-state index contributed by atoms with van der Waals surface area (Å²) in [6, 6.07) is 30.6. The molecule has 0 saturated carbocycles. The van der Waals surface area contributed by atoms with E-state index in [4.69, 9.17) is 34.5 Å². The summed E-state index contributed by atoms with van der Waals surface area (Å²) in [4.78, 5) is 0. The Morgan fingerprint density at radius 3 is 1.69 bits per heavy atom. The van der Waals surface area contributed by atoms with Crippen molar-refractivity contribution in [2.45, 2.75) is 74.6 Å². The molecule has 0 N–H and O–H groups in total. The third-order valence-electron chi connectivity index (χ3n) is 6.30. The number of benzene rings is 3. The molecule has 1 aliphatic rings. The molecule has 0 bridgehead atoms. The number of rotatable bonds is 14.